The highest BCUT2D eigenvalue weighted by atomic mass is 16.5. The van der Waals surface area contributed by atoms with Crippen LogP contribution in [0, 0.1) is 5.92 Å². The zero-order chi connectivity index (χ0) is 18.2. The molecule has 1 heterocycles. The standard InChI is InChI=1S/C20H34N4O/c1-16(2)23(4)14-19-9-7-6-8-18(19)12-22-20(21-3)24(5)13-17-10-11-25-15-17/h6-9,16-17H,10-15H2,1-5H3,(H,21,22). The van der Waals surface area contributed by atoms with Crippen LogP contribution in [0.1, 0.15) is 31.4 Å². The first-order valence-corrected chi connectivity index (χ1v) is 9.27. The average Bonchev–Trinajstić information content (AvgIpc) is 3.09. The Labute approximate surface area is 153 Å². The SMILES string of the molecule is CN=C(NCc1ccccc1CN(C)C(C)C)N(C)CC1CCOC1. The minimum atomic E-state index is 0.536. The van der Waals surface area contributed by atoms with Gasteiger partial charge in [0.1, 0.15) is 0 Å². The van der Waals surface area contributed by atoms with E-state index >= 15 is 0 Å². The van der Waals surface area contributed by atoms with Crippen molar-refractivity contribution < 1.29 is 4.74 Å². The van der Waals surface area contributed by atoms with Crippen LogP contribution in [-0.2, 0) is 17.8 Å². The Bertz CT molecular complexity index is 552. The topological polar surface area (TPSA) is 40.1 Å². The Morgan fingerprint density at radius 3 is 2.60 bits per heavy atom. The Balaban J connectivity index is 1.94. The van der Waals surface area contributed by atoms with E-state index in [0.717, 1.165) is 45.2 Å². The molecule has 1 saturated heterocycles. The molecule has 1 fully saturated rings. The van der Waals surface area contributed by atoms with E-state index in [2.05, 4.69) is 72.3 Å². The molecule has 1 atom stereocenters. The van der Waals surface area contributed by atoms with Gasteiger partial charge in [0.2, 0.25) is 0 Å². The first kappa shape index (κ1) is 19.7. The van der Waals surface area contributed by atoms with E-state index in [1.165, 1.54) is 11.1 Å². The summed E-state index contributed by atoms with van der Waals surface area (Å²) in [6, 6.07) is 9.19. The van der Waals surface area contributed by atoms with Crippen molar-refractivity contribution in [2.45, 2.75) is 39.4 Å². The molecule has 2 rings (SSSR count). The lowest BCUT2D eigenvalue weighted by molar-refractivity contribution is 0.181. The summed E-state index contributed by atoms with van der Waals surface area (Å²) >= 11 is 0. The van der Waals surface area contributed by atoms with Crippen LogP contribution in [0.15, 0.2) is 29.3 Å². The molecule has 0 bridgehead atoms. The third kappa shape index (κ3) is 6.01. The number of aliphatic imine (C=N–C) groups is 1. The third-order valence-corrected chi connectivity index (χ3v) is 4.99. The Morgan fingerprint density at radius 1 is 1.28 bits per heavy atom. The fraction of sp³-hybridized carbons (Fsp3) is 0.650. The number of nitrogens with zero attached hydrogens (tertiary/aromatic N) is 3. The second-order valence-electron chi connectivity index (χ2n) is 7.29. The molecule has 1 N–H and O–H groups in total. The summed E-state index contributed by atoms with van der Waals surface area (Å²) in [5.41, 5.74) is 2.70. The van der Waals surface area contributed by atoms with Gasteiger partial charge in [0.25, 0.3) is 0 Å². The number of guanidine groups is 1. The summed E-state index contributed by atoms with van der Waals surface area (Å²) in [5, 5.41) is 3.52. The zero-order valence-electron chi connectivity index (χ0n) is 16.5. The van der Waals surface area contributed by atoms with E-state index in [-0.39, 0.29) is 0 Å². The average molecular weight is 347 g/mol. The van der Waals surface area contributed by atoms with Crippen molar-refractivity contribution in [3.8, 4) is 0 Å². The minimum Gasteiger partial charge on any atom is -0.381 e. The molecule has 0 spiro atoms. The second kappa shape index (κ2) is 9.78. The van der Waals surface area contributed by atoms with Gasteiger partial charge in [0, 0.05) is 52.3 Å². The summed E-state index contributed by atoms with van der Waals surface area (Å²) < 4.78 is 5.48. The van der Waals surface area contributed by atoms with Gasteiger partial charge in [0.15, 0.2) is 5.96 Å². The quantitative estimate of drug-likeness (QED) is 0.608. The van der Waals surface area contributed by atoms with Crippen molar-refractivity contribution in [1.29, 1.82) is 0 Å². The molecule has 1 aromatic carbocycles. The number of nitrogens with one attached hydrogen (secondary N) is 1. The smallest absolute Gasteiger partial charge is 0.193 e. The van der Waals surface area contributed by atoms with E-state index in [1.54, 1.807) is 0 Å². The lowest BCUT2D eigenvalue weighted by atomic mass is 10.1. The monoisotopic (exact) mass is 346 g/mol. The van der Waals surface area contributed by atoms with Gasteiger partial charge in [-0.25, -0.2) is 0 Å². The molecule has 1 aliphatic rings. The van der Waals surface area contributed by atoms with Crippen molar-refractivity contribution in [1.82, 2.24) is 15.1 Å². The number of hydrogen-bond acceptors (Lipinski definition) is 3. The van der Waals surface area contributed by atoms with Crippen LogP contribution in [0.25, 0.3) is 0 Å². The van der Waals surface area contributed by atoms with E-state index < -0.39 is 0 Å². The zero-order valence-corrected chi connectivity index (χ0v) is 16.5. The molecule has 0 saturated carbocycles. The maximum atomic E-state index is 5.48. The van der Waals surface area contributed by atoms with Gasteiger partial charge >= 0.3 is 0 Å². The maximum absolute atomic E-state index is 5.48. The largest absolute Gasteiger partial charge is 0.381 e. The normalized spacial score (nSPS) is 18.2. The molecular formula is C20H34N4O. The third-order valence-electron chi connectivity index (χ3n) is 4.99. The minimum absolute atomic E-state index is 0.536. The van der Waals surface area contributed by atoms with Crippen molar-refractivity contribution in [2.75, 3.05) is 40.9 Å². The summed E-state index contributed by atoms with van der Waals surface area (Å²) in [7, 11) is 6.12. The van der Waals surface area contributed by atoms with Crippen molar-refractivity contribution in [2.24, 2.45) is 10.9 Å². The Morgan fingerprint density at radius 2 is 2.00 bits per heavy atom. The van der Waals surface area contributed by atoms with Gasteiger partial charge < -0.3 is 15.0 Å². The predicted molar refractivity (Wildman–Crippen MR) is 105 cm³/mol. The molecule has 0 aromatic heterocycles. The highest BCUT2D eigenvalue weighted by molar-refractivity contribution is 5.79. The van der Waals surface area contributed by atoms with Crippen LogP contribution in [0.4, 0.5) is 0 Å². The summed E-state index contributed by atoms with van der Waals surface area (Å²) in [6.45, 7) is 8.95. The molecule has 1 unspecified atom stereocenters. The second-order valence-corrected chi connectivity index (χ2v) is 7.29. The molecule has 5 nitrogen and oxygen atoms in total. The van der Waals surface area contributed by atoms with Crippen LogP contribution in [0.3, 0.4) is 0 Å². The highest BCUT2D eigenvalue weighted by Crippen LogP contribution is 2.14. The molecular weight excluding hydrogens is 312 g/mol. The fourth-order valence-corrected chi connectivity index (χ4v) is 3.10. The van der Waals surface area contributed by atoms with Gasteiger partial charge in [-0.15, -0.1) is 0 Å². The molecule has 5 heteroatoms. The first-order valence-electron chi connectivity index (χ1n) is 9.27. The number of benzene rings is 1. The summed E-state index contributed by atoms with van der Waals surface area (Å²) in [4.78, 5) is 9.02. The highest BCUT2D eigenvalue weighted by Gasteiger charge is 2.19. The van der Waals surface area contributed by atoms with E-state index in [0.29, 0.717) is 12.0 Å². The Kier molecular flexibility index (Phi) is 7.72. The molecule has 140 valence electrons. The molecule has 1 aromatic rings. The summed E-state index contributed by atoms with van der Waals surface area (Å²) in [6.07, 6.45) is 1.14. The number of rotatable bonds is 7. The van der Waals surface area contributed by atoms with Crippen molar-refractivity contribution >= 4 is 5.96 Å². The van der Waals surface area contributed by atoms with E-state index in [9.17, 15) is 0 Å². The van der Waals surface area contributed by atoms with Crippen LogP contribution in [0.5, 0.6) is 0 Å². The lowest BCUT2D eigenvalue weighted by Crippen LogP contribution is -2.41. The first-order chi connectivity index (χ1) is 12.0. The number of hydrogen-bond donors (Lipinski definition) is 1. The van der Waals surface area contributed by atoms with Crippen LogP contribution in [0.2, 0.25) is 0 Å². The molecule has 0 amide bonds. The van der Waals surface area contributed by atoms with E-state index in [1.807, 2.05) is 7.05 Å². The molecule has 25 heavy (non-hydrogen) atoms. The Hall–Kier alpha value is -1.59. The lowest BCUT2D eigenvalue weighted by Gasteiger charge is -2.26. The van der Waals surface area contributed by atoms with Crippen LogP contribution in [-0.4, -0.2) is 62.7 Å². The molecule has 0 radical (unpaired) electrons. The van der Waals surface area contributed by atoms with Gasteiger partial charge in [-0.1, -0.05) is 24.3 Å². The van der Waals surface area contributed by atoms with Gasteiger partial charge in [-0.3, -0.25) is 9.89 Å². The van der Waals surface area contributed by atoms with Gasteiger partial charge in [0.05, 0.1) is 6.61 Å². The van der Waals surface area contributed by atoms with Crippen LogP contribution < -0.4 is 5.32 Å². The number of ether oxygens (including phenoxy) is 1. The molecule has 0 aliphatic carbocycles. The van der Waals surface area contributed by atoms with Crippen molar-refractivity contribution in [3.05, 3.63) is 35.4 Å². The van der Waals surface area contributed by atoms with E-state index in [4.69, 9.17) is 4.74 Å². The van der Waals surface area contributed by atoms with Gasteiger partial charge in [-0.2, -0.15) is 0 Å². The summed E-state index contributed by atoms with van der Waals surface area (Å²) in [5.74, 6) is 1.55. The maximum Gasteiger partial charge on any atom is 0.193 e. The molecule has 1 aliphatic heterocycles. The van der Waals surface area contributed by atoms with Gasteiger partial charge in [-0.05, 0) is 38.4 Å². The van der Waals surface area contributed by atoms with Crippen molar-refractivity contribution in [3.63, 3.8) is 0 Å². The fourth-order valence-electron chi connectivity index (χ4n) is 3.10. The van der Waals surface area contributed by atoms with Crippen LogP contribution >= 0.6 is 0 Å². The predicted octanol–water partition coefficient (Wildman–Crippen LogP) is 2.57.